The molecule has 1 fully saturated rings. The number of benzene rings is 1. The standard InChI is InChI=1S/C18H27NOS/c1-18(13-20,19-16-7-8-16)10-3-11-21-17-9-6-14-4-2-5-15(14)12-17/h6,9,12,16,19-20H,2-5,7-8,10-11,13H2,1H3. The average molecular weight is 305 g/mol. The molecule has 2 aliphatic rings. The fourth-order valence-corrected chi connectivity index (χ4v) is 4.12. The lowest BCUT2D eigenvalue weighted by atomic mass is 9.97. The molecule has 1 aromatic carbocycles. The molecule has 2 N–H and O–H groups in total. The Morgan fingerprint density at radius 3 is 2.86 bits per heavy atom. The van der Waals surface area contributed by atoms with Crippen LogP contribution in [0.4, 0.5) is 0 Å². The topological polar surface area (TPSA) is 32.3 Å². The predicted octanol–water partition coefficient (Wildman–Crippen LogP) is 3.55. The summed E-state index contributed by atoms with van der Waals surface area (Å²) in [5.41, 5.74) is 3.04. The van der Waals surface area contributed by atoms with Gasteiger partial charge >= 0.3 is 0 Å². The first-order chi connectivity index (χ1) is 10.2. The van der Waals surface area contributed by atoms with Gasteiger partial charge in [-0.25, -0.2) is 0 Å². The van der Waals surface area contributed by atoms with Crippen molar-refractivity contribution in [1.29, 1.82) is 0 Å². The molecule has 0 radical (unpaired) electrons. The van der Waals surface area contributed by atoms with Crippen LogP contribution >= 0.6 is 11.8 Å². The van der Waals surface area contributed by atoms with Crippen molar-refractivity contribution < 1.29 is 5.11 Å². The van der Waals surface area contributed by atoms with E-state index in [4.69, 9.17) is 0 Å². The van der Waals surface area contributed by atoms with Crippen molar-refractivity contribution in [3.8, 4) is 0 Å². The summed E-state index contributed by atoms with van der Waals surface area (Å²) in [6, 6.07) is 7.65. The molecule has 0 aliphatic heterocycles. The van der Waals surface area contributed by atoms with Gasteiger partial charge in [0.25, 0.3) is 0 Å². The smallest absolute Gasteiger partial charge is 0.0610 e. The monoisotopic (exact) mass is 305 g/mol. The van der Waals surface area contributed by atoms with Gasteiger partial charge in [0.15, 0.2) is 0 Å². The van der Waals surface area contributed by atoms with Crippen LogP contribution < -0.4 is 5.32 Å². The molecule has 1 aromatic rings. The number of hydrogen-bond donors (Lipinski definition) is 2. The van der Waals surface area contributed by atoms with Crippen LogP contribution in [0.15, 0.2) is 23.1 Å². The molecule has 21 heavy (non-hydrogen) atoms. The third-order valence-electron chi connectivity index (χ3n) is 4.69. The second-order valence-electron chi connectivity index (χ2n) is 6.87. The fraction of sp³-hybridized carbons (Fsp3) is 0.667. The van der Waals surface area contributed by atoms with Crippen molar-refractivity contribution in [2.75, 3.05) is 12.4 Å². The Hall–Kier alpha value is -0.510. The van der Waals surface area contributed by atoms with Crippen molar-refractivity contribution >= 4 is 11.8 Å². The lowest BCUT2D eigenvalue weighted by Gasteiger charge is -2.29. The first kappa shape index (κ1) is 15.4. The van der Waals surface area contributed by atoms with Gasteiger partial charge in [0.05, 0.1) is 6.61 Å². The zero-order valence-electron chi connectivity index (χ0n) is 13.0. The molecule has 1 atom stereocenters. The average Bonchev–Trinajstić information content (AvgIpc) is 3.17. The minimum absolute atomic E-state index is 0.0837. The first-order valence-electron chi connectivity index (χ1n) is 8.32. The summed E-state index contributed by atoms with van der Waals surface area (Å²) in [6.07, 6.45) is 8.61. The van der Waals surface area contributed by atoms with Gasteiger partial charge < -0.3 is 10.4 Å². The van der Waals surface area contributed by atoms with Crippen LogP contribution in [0.1, 0.15) is 50.2 Å². The van der Waals surface area contributed by atoms with Crippen molar-refractivity contribution in [2.24, 2.45) is 0 Å². The molecule has 0 bridgehead atoms. The van der Waals surface area contributed by atoms with E-state index >= 15 is 0 Å². The molecule has 1 saturated carbocycles. The van der Waals surface area contributed by atoms with E-state index < -0.39 is 0 Å². The summed E-state index contributed by atoms with van der Waals surface area (Å²) < 4.78 is 0. The highest BCUT2D eigenvalue weighted by Gasteiger charge is 2.31. The van der Waals surface area contributed by atoms with Gasteiger partial charge in [-0.15, -0.1) is 11.8 Å². The number of aliphatic hydroxyl groups excluding tert-OH is 1. The number of aliphatic hydroxyl groups is 1. The van der Waals surface area contributed by atoms with E-state index in [2.05, 4.69) is 30.4 Å². The lowest BCUT2D eigenvalue weighted by Crippen LogP contribution is -2.46. The maximum Gasteiger partial charge on any atom is 0.0610 e. The summed E-state index contributed by atoms with van der Waals surface area (Å²) >= 11 is 1.96. The molecule has 0 amide bonds. The lowest BCUT2D eigenvalue weighted by molar-refractivity contribution is 0.163. The number of hydrogen-bond acceptors (Lipinski definition) is 3. The summed E-state index contributed by atoms with van der Waals surface area (Å²) in [5.74, 6) is 1.14. The van der Waals surface area contributed by atoms with Crippen LogP contribution in [0.2, 0.25) is 0 Å². The Morgan fingerprint density at radius 2 is 2.10 bits per heavy atom. The maximum absolute atomic E-state index is 9.61. The highest BCUT2D eigenvalue weighted by atomic mass is 32.2. The van der Waals surface area contributed by atoms with E-state index in [9.17, 15) is 5.11 Å². The molecule has 3 heteroatoms. The summed E-state index contributed by atoms with van der Waals surface area (Å²) in [6.45, 7) is 2.40. The van der Waals surface area contributed by atoms with Crippen LogP contribution in [-0.2, 0) is 12.8 Å². The van der Waals surface area contributed by atoms with E-state index in [-0.39, 0.29) is 12.1 Å². The second kappa shape index (κ2) is 6.72. The molecule has 3 rings (SSSR count). The van der Waals surface area contributed by atoms with E-state index in [1.54, 1.807) is 11.1 Å². The van der Waals surface area contributed by atoms with Gasteiger partial charge in [-0.05, 0) is 80.9 Å². The molecule has 0 heterocycles. The van der Waals surface area contributed by atoms with Gasteiger partial charge in [0.2, 0.25) is 0 Å². The fourth-order valence-electron chi connectivity index (χ4n) is 3.21. The number of aryl methyl sites for hydroxylation is 2. The van der Waals surface area contributed by atoms with Crippen molar-refractivity contribution in [2.45, 2.75) is 68.3 Å². The SMILES string of the molecule is CC(CO)(CCCSc1ccc2c(c1)CCC2)NC1CC1. The van der Waals surface area contributed by atoms with Crippen LogP contribution in [0, 0.1) is 0 Å². The van der Waals surface area contributed by atoms with Gasteiger partial charge in [-0.1, -0.05) is 6.07 Å². The van der Waals surface area contributed by atoms with E-state index in [1.165, 1.54) is 37.0 Å². The zero-order chi connectivity index (χ0) is 14.7. The molecular weight excluding hydrogens is 278 g/mol. The van der Waals surface area contributed by atoms with Crippen LogP contribution in [0.25, 0.3) is 0 Å². The normalized spacial score (nSPS) is 20.3. The third kappa shape index (κ3) is 4.24. The van der Waals surface area contributed by atoms with Gasteiger partial charge in [-0.3, -0.25) is 0 Å². The largest absolute Gasteiger partial charge is 0.394 e. The van der Waals surface area contributed by atoms with Crippen molar-refractivity contribution in [1.82, 2.24) is 5.32 Å². The molecular formula is C18H27NOS. The zero-order valence-corrected chi connectivity index (χ0v) is 13.8. The first-order valence-corrected chi connectivity index (χ1v) is 9.30. The van der Waals surface area contributed by atoms with Gasteiger partial charge in [0, 0.05) is 16.5 Å². The number of fused-ring (bicyclic) bond motifs is 1. The Balaban J connectivity index is 1.43. The molecule has 1 unspecified atom stereocenters. The van der Waals surface area contributed by atoms with E-state index in [0.29, 0.717) is 6.04 Å². The van der Waals surface area contributed by atoms with Crippen molar-refractivity contribution in [3.05, 3.63) is 29.3 Å². The maximum atomic E-state index is 9.61. The van der Waals surface area contributed by atoms with Crippen LogP contribution in [-0.4, -0.2) is 29.0 Å². The molecule has 2 aliphatic carbocycles. The predicted molar refractivity (Wildman–Crippen MR) is 90.1 cm³/mol. The number of thioether (sulfide) groups is 1. The van der Waals surface area contributed by atoms with E-state index in [0.717, 1.165) is 18.6 Å². The minimum Gasteiger partial charge on any atom is -0.394 e. The Bertz CT molecular complexity index is 486. The highest BCUT2D eigenvalue weighted by Crippen LogP contribution is 2.29. The van der Waals surface area contributed by atoms with Gasteiger partial charge in [0.1, 0.15) is 0 Å². The third-order valence-corrected chi connectivity index (χ3v) is 5.77. The minimum atomic E-state index is -0.0837. The Morgan fingerprint density at radius 1 is 1.29 bits per heavy atom. The summed E-state index contributed by atoms with van der Waals surface area (Å²) in [4.78, 5) is 1.41. The van der Waals surface area contributed by atoms with Gasteiger partial charge in [-0.2, -0.15) is 0 Å². The van der Waals surface area contributed by atoms with Crippen molar-refractivity contribution in [3.63, 3.8) is 0 Å². The molecule has 116 valence electrons. The molecule has 0 aromatic heterocycles. The molecule has 2 nitrogen and oxygen atoms in total. The highest BCUT2D eigenvalue weighted by molar-refractivity contribution is 7.99. The summed E-state index contributed by atoms with van der Waals surface area (Å²) in [5, 5.41) is 13.2. The Kier molecular flexibility index (Phi) is 4.92. The Labute approximate surface area is 132 Å². The number of rotatable bonds is 8. The summed E-state index contributed by atoms with van der Waals surface area (Å²) in [7, 11) is 0. The van der Waals surface area contributed by atoms with Crippen LogP contribution in [0.3, 0.4) is 0 Å². The second-order valence-corrected chi connectivity index (χ2v) is 8.04. The number of nitrogens with one attached hydrogen (secondary N) is 1. The molecule has 0 spiro atoms. The quantitative estimate of drug-likeness (QED) is 0.569. The van der Waals surface area contributed by atoms with Crippen LogP contribution in [0.5, 0.6) is 0 Å². The van der Waals surface area contributed by atoms with E-state index in [1.807, 2.05) is 11.8 Å². The molecule has 0 saturated heterocycles.